The van der Waals surface area contributed by atoms with Gasteiger partial charge in [0.15, 0.2) is 5.82 Å². The van der Waals surface area contributed by atoms with Crippen LogP contribution in [0, 0.1) is 6.92 Å². The molecular weight excluding hydrogens is 353 g/mol. The zero-order valence-corrected chi connectivity index (χ0v) is 14.8. The van der Waals surface area contributed by atoms with Crippen molar-refractivity contribution in [1.82, 2.24) is 10.1 Å². The molecule has 0 aliphatic heterocycles. The zero-order valence-electron chi connectivity index (χ0n) is 13.3. The van der Waals surface area contributed by atoms with Gasteiger partial charge in [-0.3, -0.25) is 9.59 Å². The predicted molar refractivity (Wildman–Crippen MR) is 92.3 cm³/mol. The number of rotatable bonds is 6. The minimum absolute atomic E-state index is 0.0703. The molecule has 6 nitrogen and oxygen atoms in total. The molecule has 0 atom stereocenters. The summed E-state index contributed by atoms with van der Waals surface area (Å²) in [6, 6.07) is 6.75. The maximum absolute atomic E-state index is 12.1. The fourth-order valence-electron chi connectivity index (χ4n) is 2.07. The summed E-state index contributed by atoms with van der Waals surface area (Å²) in [5.74, 6) is 0.414. The van der Waals surface area contributed by atoms with Crippen LogP contribution in [0.5, 0.6) is 0 Å². The first-order valence-electron chi connectivity index (χ1n) is 7.26. The molecule has 1 aromatic carbocycles. The van der Waals surface area contributed by atoms with E-state index in [4.69, 9.17) is 27.7 Å². The van der Waals surface area contributed by atoms with Crippen molar-refractivity contribution in [1.29, 1.82) is 0 Å². The Morgan fingerprint density at radius 3 is 2.67 bits per heavy atom. The van der Waals surface area contributed by atoms with Crippen molar-refractivity contribution >= 4 is 40.8 Å². The number of benzene rings is 1. The molecule has 1 aromatic heterocycles. The maximum atomic E-state index is 12.1. The van der Waals surface area contributed by atoms with Crippen LogP contribution >= 0.6 is 23.2 Å². The Labute approximate surface area is 149 Å². The van der Waals surface area contributed by atoms with Crippen molar-refractivity contribution < 1.29 is 14.1 Å². The largest absolute Gasteiger partial charge is 0.360 e. The van der Waals surface area contributed by atoms with Gasteiger partial charge in [0.2, 0.25) is 11.8 Å². The van der Waals surface area contributed by atoms with Crippen LogP contribution in [0.1, 0.15) is 17.7 Å². The number of hydrogen-bond acceptors (Lipinski definition) is 4. The van der Waals surface area contributed by atoms with Gasteiger partial charge in [0.1, 0.15) is 5.76 Å². The monoisotopic (exact) mass is 369 g/mol. The first-order valence-corrected chi connectivity index (χ1v) is 8.02. The second-order valence-corrected chi connectivity index (χ2v) is 6.20. The highest BCUT2D eigenvalue weighted by Gasteiger charge is 2.15. The van der Waals surface area contributed by atoms with E-state index in [1.54, 1.807) is 38.2 Å². The van der Waals surface area contributed by atoms with Crippen molar-refractivity contribution in [3.8, 4) is 0 Å². The van der Waals surface area contributed by atoms with Gasteiger partial charge in [-0.2, -0.15) is 0 Å². The number of halogens is 2. The normalized spacial score (nSPS) is 10.5. The smallest absolute Gasteiger partial charge is 0.245 e. The lowest BCUT2D eigenvalue weighted by Crippen LogP contribution is -2.35. The molecule has 24 heavy (non-hydrogen) atoms. The fourth-order valence-corrected chi connectivity index (χ4v) is 2.57. The topological polar surface area (TPSA) is 75.4 Å². The molecule has 1 heterocycles. The van der Waals surface area contributed by atoms with E-state index in [1.807, 2.05) is 0 Å². The molecule has 2 rings (SSSR count). The number of amides is 2. The second-order valence-electron chi connectivity index (χ2n) is 5.36. The van der Waals surface area contributed by atoms with Gasteiger partial charge in [-0.1, -0.05) is 34.4 Å². The van der Waals surface area contributed by atoms with Crippen LogP contribution in [0.3, 0.4) is 0 Å². The van der Waals surface area contributed by atoms with Gasteiger partial charge in [-0.25, -0.2) is 0 Å². The average Bonchev–Trinajstić information content (AvgIpc) is 2.90. The number of anilines is 1. The first-order chi connectivity index (χ1) is 11.3. The third-order valence-electron chi connectivity index (χ3n) is 3.33. The van der Waals surface area contributed by atoms with Crippen molar-refractivity contribution in [3.05, 3.63) is 45.6 Å². The van der Waals surface area contributed by atoms with E-state index < -0.39 is 0 Å². The van der Waals surface area contributed by atoms with Gasteiger partial charge >= 0.3 is 0 Å². The molecule has 0 aliphatic carbocycles. The van der Waals surface area contributed by atoms with E-state index in [-0.39, 0.29) is 24.8 Å². The van der Waals surface area contributed by atoms with Crippen LogP contribution in [0.4, 0.5) is 5.82 Å². The Morgan fingerprint density at radius 1 is 1.29 bits per heavy atom. The molecule has 0 saturated heterocycles. The Bertz CT molecular complexity index is 746. The highest BCUT2D eigenvalue weighted by atomic mass is 35.5. The van der Waals surface area contributed by atoms with Crippen molar-refractivity contribution in [2.75, 3.05) is 18.9 Å². The summed E-state index contributed by atoms with van der Waals surface area (Å²) in [4.78, 5) is 25.4. The van der Waals surface area contributed by atoms with Crippen LogP contribution in [0.15, 0.2) is 28.8 Å². The Morgan fingerprint density at radius 2 is 2.04 bits per heavy atom. The van der Waals surface area contributed by atoms with Crippen LogP contribution in [-0.4, -0.2) is 35.5 Å². The summed E-state index contributed by atoms with van der Waals surface area (Å²) < 4.78 is 4.86. The van der Waals surface area contributed by atoms with Crippen LogP contribution in [-0.2, 0) is 16.0 Å². The van der Waals surface area contributed by atoms with Gasteiger partial charge in [-0.15, -0.1) is 0 Å². The van der Waals surface area contributed by atoms with Crippen molar-refractivity contribution in [3.63, 3.8) is 0 Å². The summed E-state index contributed by atoms with van der Waals surface area (Å²) in [5, 5.41) is 7.30. The molecule has 1 N–H and O–H groups in total. The second kappa shape index (κ2) is 8.17. The molecule has 0 radical (unpaired) electrons. The molecule has 0 unspecified atom stereocenters. The van der Waals surface area contributed by atoms with Crippen LogP contribution < -0.4 is 5.32 Å². The minimum Gasteiger partial charge on any atom is -0.360 e. The van der Waals surface area contributed by atoms with Gasteiger partial charge in [0, 0.05) is 29.6 Å². The molecule has 0 bridgehead atoms. The van der Waals surface area contributed by atoms with Gasteiger partial charge in [0.25, 0.3) is 0 Å². The van der Waals surface area contributed by atoms with E-state index in [9.17, 15) is 9.59 Å². The zero-order chi connectivity index (χ0) is 17.7. The van der Waals surface area contributed by atoms with Crippen LogP contribution in [0.25, 0.3) is 0 Å². The maximum Gasteiger partial charge on any atom is 0.245 e. The van der Waals surface area contributed by atoms with Crippen LogP contribution in [0.2, 0.25) is 10.0 Å². The number of hydrogen-bond donors (Lipinski definition) is 1. The number of aromatic nitrogens is 1. The Kier molecular flexibility index (Phi) is 6.23. The summed E-state index contributed by atoms with van der Waals surface area (Å²) in [6.45, 7) is 1.65. The predicted octanol–water partition coefficient (Wildman–Crippen LogP) is 3.32. The highest BCUT2D eigenvalue weighted by molar-refractivity contribution is 6.35. The molecule has 0 spiro atoms. The summed E-state index contributed by atoms with van der Waals surface area (Å²) in [5.41, 5.74) is 0.838. The molecule has 0 fully saturated rings. The van der Waals surface area contributed by atoms with Crippen molar-refractivity contribution in [2.45, 2.75) is 19.8 Å². The lowest BCUT2D eigenvalue weighted by molar-refractivity contribution is -0.133. The van der Waals surface area contributed by atoms with E-state index >= 15 is 0 Å². The molecule has 0 saturated carbocycles. The summed E-state index contributed by atoms with van der Waals surface area (Å²) >= 11 is 11.9. The molecule has 2 amide bonds. The van der Waals surface area contributed by atoms with E-state index in [0.717, 1.165) is 5.56 Å². The third-order valence-corrected chi connectivity index (χ3v) is 3.91. The average molecular weight is 370 g/mol. The summed E-state index contributed by atoms with van der Waals surface area (Å²) in [7, 11) is 1.57. The molecule has 2 aromatic rings. The van der Waals surface area contributed by atoms with E-state index in [1.165, 1.54) is 4.90 Å². The Hall–Kier alpha value is -2.05. The number of aryl methyl sites for hydroxylation is 2. The minimum atomic E-state index is -0.344. The Balaban J connectivity index is 1.82. The van der Waals surface area contributed by atoms with Gasteiger partial charge in [-0.05, 0) is 31.0 Å². The SMILES string of the molecule is Cc1cc(NC(=O)CN(C)C(=O)CCc2ccc(Cl)cc2Cl)no1. The lowest BCUT2D eigenvalue weighted by Gasteiger charge is -2.16. The van der Waals surface area contributed by atoms with Gasteiger partial charge < -0.3 is 14.7 Å². The standard InChI is InChI=1S/C16H17Cl2N3O3/c1-10-7-14(20-24-10)19-15(22)9-21(2)16(23)6-4-11-3-5-12(17)8-13(11)18/h3,5,7-8H,4,6,9H2,1-2H3,(H,19,20,22). The highest BCUT2D eigenvalue weighted by Crippen LogP contribution is 2.22. The third kappa shape index (κ3) is 5.25. The summed E-state index contributed by atoms with van der Waals surface area (Å²) in [6.07, 6.45) is 0.720. The lowest BCUT2D eigenvalue weighted by atomic mass is 10.1. The number of nitrogens with zero attached hydrogens (tertiary/aromatic N) is 2. The number of carbonyl (C=O) groups is 2. The first kappa shape index (κ1) is 18.3. The molecular formula is C16H17Cl2N3O3. The number of likely N-dealkylation sites (N-methyl/N-ethyl adjacent to an activating group) is 1. The molecule has 0 aliphatic rings. The number of carbonyl (C=O) groups excluding carboxylic acids is 2. The molecule has 8 heteroatoms. The van der Waals surface area contributed by atoms with E-state index in [0.29, 0.717) is 28.0 Å². The molecule has 128 valence electrons. The quantitative estimate of drug-likeness (QED) is 0.847. The van der Waals surface area contributed by atoms with E-state index in [2.05, 4.69) is 10.5 Å². The van der Waals surface area contributed by atoms with Gasteiger partial charge in [0.05, 0.1) is 6.54 Å². The fraction of sp³-hybridized carbons (Fsp3) is 0.312. The van der Waals surface area contributed by atoms with Crippen molar-refractivity contribution in [2.24, 2.45) is 0 Å². The number of nitrogens with one attached hydrogen (secondary N) is 1.